The van der Waals surface area contributed by atoms with Gasteiger partial charge in [-0.1, -0.05) is 19.3 Å². The van der Waals surface area contributed by atoms with Gasteiger partial charge in [0.1, 0.15) is 0 Å². The first-order valence-electron chi connectivity index (χ1n) is 9.92. The molecule has 6 nitrogen and oxygen atoms in total. The predicted octanol–water partition coefficient (Wildman–Crippen LogP) is 1.80. The fraction of sp³-hybridized carbons (Fsp3) is 0.789. The minimum absolute atomic E-state index is 0.140. The van der Waals surface area contributed by atoms with Gasteiger partial charge in [-0.15, -0.1) is 0 Å². The first-order valence-corrected chi connectivity index (χ1v) is 9.92. The van der Waals surface area contributed by atoms with Crippen LogP contribution in [-0.2, 0) is 0 Å². The van der Waals surface area contributed by atoms with Crippen molar-refractivity contribution in [3.8, 4) is 0 Å². The highest BCUT2D eigenvalue weighted by atomic mass is 16.2. The van der Waals surface area contributed by atoms with Gasteiger partial charge >= 0.3 is 0 Å². The Morgan fingerprint density at radius 1 is 0.960 bits per heavy atom. The number of nitrogens with zero attached hydrogens (tertiary/aromatic N) is 4. The molecular weight excluding hydrogens is 314 g/mol. The van der Waals surface area contributed by atoms with Crippen LogP contribution >= 0.6 is 0 Å². The largest absolute Gasteiger partial charge is 0.335 e. The second-order valence-corrected chi connectivity index (χ2v) is 8.04. The molecule has 3 aliphatic rings. The first-order chi connectivity index (χ1) is 12.1. The Morgan fingerprint density at radius 2 is 1.56 bits per heavy atom. The molecule has 4 rings (SSSR count). The van der Waals surface area contributed by atoms with E-state index < -0.39 is 0 Å². The Labute approximate surface area is 150 Å². The van der Waals surface area contributed by atoms with Crippen LogP contribution in [0.1, 0.15) is 53.8 Å². The lowest BCUT2D eigenvalue weighted by Gasteiger charge is -2.49. The van der Waals surface area contributed by atoms with Gasteiger partial charge in [0.2, 0.25) is 0 Å². The molecule has 1 N–H and O–H groups in total. The average molecular weight is 345 g/mol. The molecule has 0 radical (unpaired) electrons. The minimum atomic E-state index is 0.140. The topological polar surface area (TPSA) is 55.5 Å². The first kappa shape index (κ1) is 17.0. The number of nitrogens with one attached hydrogen (secondary N) is 1. The van der Waals surface area contributed by atoms with E-state index in [1.807, 2.05) is 18.7 Å². The third-order valence-electron chi connectivity index (χ3n) is 6.45. The maximum absolute atomic E-state index is 12.7. The highest BCUT2D eigenvalue weighted by molar-refractivity contribution is 5.96. The number of hydrogen-bond donors (Lipinski definition) is 1. The van der Waals surface area contributed by atoms with Crippen LogP contribution < -0.4 is 0 Å². The SMILES string of the molecule is Cc1n[nH]c(C)c1C(=O)N1CC(N2CCN(C3CCCCC3)CC2)C1. The lowest BCUT2D eigenvalue weighted by Crippen LogP contribution is -2.64. The number of H-pyrrole nitrogens is 1. The summed E-state index contributed by atoms with van der Waals surface area (Å²) in [5, 5.41) is 7.07. The van der Waals surface area contributed by atoms with Crippen molar-refractivity contribution in [1.82, 2.24) is 24.9 Å². The molecule has 25 heavy (non-hydrogen) atoms. The van der Waals surface area contributed by atoms with Crippen LogP contribution in [0, 0.1) is 13.8 Å². The standard InChI is InChI=1S/C19H31N5O/c1-14-18(15(2)21-20-14)19(25)24-12-17(13-24)23-10-8-22(9-11-23)16-6-4-3-5-7-16/h16-17H,3-13H2,1-2H3,(H,20,21). The van der Waals surface area contributed by atoms with E-state index in [0.717, 1.165) is 49.2 Å². The van der Waals surface area contributed by atoms with E-state index in [-0.39, 0.29) is 5.91 Å². The van der Waals surface area contributed by atoms with Crippen molar-refractivity contribution in [2.75, 3.05) is 39.3 Å². The molecule has 1 aliphatic carbocycles. The number of likely N-dealkylation sites (tertiary alicyclic amines) is 1. The molecule has 1 amide bonds. The Balaban J connectivity index is 1.25. The molecule has 6 heteroatoms. The quantitative estimate of drug-likeness (QED) is 0.908. The number of hydrogen-bond acceptors (Lipinski definition) is 4. The number of aryl methyl sites for hydroxylation is 2. The van der Waals surface area contributed by atoms with Gasteiger partial charge in [-0.05, 0) is 26.7 Å². The van der Waals surface area contributed by atoms with Gasteiger partial charge < -0.3 is 4.90 Å². The van der Waals surface area contributed by atoms with E-state index in [2.05, 4.69) is 20.0 Å². The van der Waals surface area contributed by atoms with Crippen LogP contribution in [0.5, 0.6) is 0 Å². The average Bonchev–Trinajstić information content (AvgIpc) is 2.93. The maximum atomic E-state index is 12.7. The lowest BCUT2D eigenvalue weighted by atomic mass is 9.93. The van der Waals surface area contributed by atoms with E-state index >= 15 is 0 Å². The Bertz CT molecular complexity index is 588. The summed E-state index contributed by atoms with van der Waals surface area (Å²) in [5.41, 5.74) is 2.46. The summed E-state index contributed by atoms with van der Waals surface area (Å²) in [6.07, 6.45) is 7.05. The minimum Gasteiger partial charge on any atom is -0.335 e. The lowest BCUT2D eigenvalue weighted by molar-refractivity contribution is -0.00269. The molecule has 2 saturated heterocycles. The number of aromatic amines is 1. The summed E-state index contributed by atoms with van der Waals surface area (Å²) in [7, 11) is 0. The molecule has 0 unspecified atom stereocenters. The third-order valence-corrected chi connectivity index (χ3v) is 6.45. The summed E-state index contributed by atoms with van der Waals surface area (Å²) >= 11 is 0. The van der Waals surface area contributed by atoms with E-state index in [1.165, 1.54) is 45.2 Å². The fourth-order valence-electron chi connectivity index (χ4n) is 4.79. The molecule has 0 atom stereocenters. The van der Waals surface area contributed by atoms with Crippen molar-refractivity contribution >= 4 is 5.91 Å². The normalized spacial score (nSPS) is 24.5. The number of rotatable bonds is 3. The van der Waals surface area contributed by atoms with Gasteiger partial charge in [-0.25, -0.2) is 0 Å². The fourth-order valence-corrected chi connectivity index (χ4v) is 4.79. The maximum Gasteiger partial charge on any atom is 0.257 e. The highest BCUT2D eigenvalue weighted by Crippen LogP contribution is 2.26. The van der Waals surface area contributed by atoms with E-state index in [0.29, 0.717) is 6.04 Å². The molecule has 0 bridgehead atoms. The van der Waals surface area contributed by atoms with Crippen LogP contribution in [0.2, 0.25) is 0 Å². The van der Waals surface area contributed by atoms with Crippen molar-refractivity contribution < 1.29 is 4.79 Å². The molecule has 1 saturated carbocycles. The van der Waals surface area contributed by atoms with Crippen molar-refractivity contribution in [2.24, 2.45) is 0 Å². The summed E-state index contributed by atoms with van der Waals surface area (Å²) in [5.74, 6) is 0.140. The summed E-state index contributed by atoms with van der Waals surface area (Å²) in [6, 6.07) is 1.38. The molecule has 3 heterocycles. The number of carbonyl (C=O) groups excluding carboxylic acids is 1. The van der Waals surface area contributed by atoms with E-state index in [9.17, 15) is 4.79 Å². The number of carbonyl (C=O) groups is 1. The van der Waals surface area contributed by atoms with E-state index in [1.54, 1.807) is 0 Å². The smallest absolute Gasteiger partial charge is 0.257 e. The summed E-state index contributed by atoms with van der Waals surface area (Å²) in [4.78, 5) is 19.9. The zero-order chi connectivity index (χ0) is 17.4. The summed E-state index contributed by atoms with van der Waals surface area (Å²) in [6.45, 7) is 10.3. The third kappa shape index (κ3) is 3.34. The molecular formula is C19H31N5O. The zero-order valence-electron chi connectivity index (χ0n) is 15.6. The number of amides is 1. The Hall–Kier alpha value is -1.40. The van der Waals surface area contributed by atoms with Crippen molar-refractivity contribution in [3.63, 3.8) is 0 Å². The second-order valence-electron chi connectivity index (χ2n) is 8.04. The van der Waals surface area contributed by atoms with Crippen molar-refractivity contribution in [1.29, 1.82) is 0 Å². The van der Waals surface area contributed by atoms with Crippen LogP contribution in [0.4, 0.5) is 0 Å². The van der Waals surface area contributed by atoms with Crippen molar-refractivity contribution in [3.05, 3.63) is 17.0 Å². The van der Waals surface area contributed by atoms with Crippen LogP contribution in [0.15, 0.2) is 0 Å². The highest BCUT2D eigenvalue weighted by Gasteiger charge is 2.38. The second kappa shape index (κ2) is 7.08. The van der Waals surface area contributed by atoms with Gasteiger partial charge in [0.15, 0.2) is 0 Å². The van der Waals surface area contributed by atoms with Crippen LogP contribution in [0.25, 0.3) is 0 Å². The van der Waals surface area contributed by atoms with E-state index in [4.69, 9.17) is 0 Å². The van der Waals surface area contributed by atoms with Gasteiger partial charge in [0.25, 0.3) is 5.91 Å². The molecule has 1 aromatic heterocycles. The molecule has 0 aromatic carbocycles. The predicted molar refractivity (Wildman–Crippen MR) is 97.8 cm³/mol. The zero-order valence-corrected chi connectivity index (χ0v) is 15.6. The molecule has 138 valence electrons. The van der Waals surface area contributed by atoms with Gasteiger partial charge in [-0.3, -0.25) is 19.7 Å². The Morgan fingerprint density at radius 3 is 2.12 bits per heavy atom. The Kier molecular flexibility index (Phi) is 4.82. The van der Waals surface area contributed by atoms with Crippen molar-refractivity contribution in [2.45, 2.75) is 58.0 Å². The van der Waals surface area contributed by atoms with Crippen LogP contribution in [-0.4, -0.2) is 82.2 Å². The molecule has 3 fully saturated rings. The monoisotopic (exact) mass is 345 g/mol. The molecule has 1 aromatic rings. The molecule has 0 spiro atoms. The summed E-state index contributed by atoms with van der Waals surface area (Å²) < 4.78 is 0. The van der Waals surface area contributed by atoms with Gasteiger partial charge in [0, 0.05) is 57.0 Å². The number of aromatic nitrogens is 2. The number of piperazine rings is 1. The van der Waals surface area contributed by atoms with Gasteiger partial charge in [-0.2, -0.15) is 5.10 Å². The molecule has 2 aliphatic heterocycles. The van der Waals surface area contributed by atoms with Crippen LogP contribution in [0.3, 0.4) is 0 Å². The van der Waals surface area contributed by atoms with Gasteiger partial charge in [0.05, 0.1) is 11.3 Å².